The fourth-order valence-electron chi connectivity index (χ4n) is 0. The third kappa shape index (κ3) is 203. The van der Waals surface area contributed by atoms with Crippen molar-refractivity contribution in [2.75, 3.05) is 0 Å². The number of halogens is 1. The molecule has 8 heteroatoms. The number of hydrogen-bond donors (Lipinski definition) is 0. The Morgan fingerprint density at radius 3 is 0.375 bits per heavy atom. The SMILES string of the molecule is Cl.O.O.O.O.O.[Al].[Al]. The zero-order chi connectivity index (χ0) is 0. The van der Waals surface area contributed by atoms with E-state index in [1.54, 1.807) is 0 Å². The van der Waals surface area contributed by atoms with Crippen LogP contribution in [0.5, 0.6) is 0 Å². The smallest absolute Gasteiger partial charge is 0 e. The van der Waals surface area contributed by atoms with Crippen molar-refractivity contribution in [1.82, 2.24) is 0 Å². The minimum atomic E-state index is 0. The Hall–Kier alpha value is 1.15. The van der Waals surface area contributed by atoms with Crippen molar-refractivity contribution in [2.24, 2.45) is 0 Å². The summed E-state index contributed by atoms with van der Waals surface area (Å²) in [5.41, 5.74) is 0. The third-order valence-corrected chi connectivity index (χ3v) is 0. The van der Waals surface area contributed by atoms with Gasteiger partial charge in [0.1, 0.15) is 0 Å². The minimum Gasteiger partial charge on any atom is -0.412 e. The molecule has 0 aliphatic carbocycles. The molecule has 6 radical (unpaired) electrons. The van der Waals surface area contributed by atoms with Crippen molar-refractivity contribution in [3.8, 4) is 0 Å². The van der Waals surface area contributed by atoms with Gasteiger partial charge in [-0.15, -0.1) is 12.4 Å². The molecule has 0 heterocycles. The van der Waals surface area contributed by atoms with Gasteiger partial charge in [-0.25, -0.2) is 0 Å². The largest absolute Gasteiger partial charge is 0.412 e. The fraction of sp³-hybridized carbons (Fsp3) is 0. The molecule has 10 N–H and O–H groups in total. The highest BCUT2D eigenvalue weighted by molar-refractivity contribution is 5.85. The van der Waals surface area contributed by atoms with E-state index in [4.69, 9.17) is 0 Å². The molecule has 0 aromatic heterocycles. The van der Waals surface area contributed by atoms with Gasteiger partial charge in [-0.3, -0.25) is 0 Å². The van der Waals surface area contributed by atoms with Gasteiger partial charge in [-0.2, -0.15) is 0 Å². The molecule has 0 atom stereocenters. The fourth-order valence-corrected chi connectivity index (χ4v) is 0. The van der Waals surface area contributed by atoms with Gasteiger partial charge in [0.05, 0.1) is 0 Å². The number of rotatable bonds is 0. The molecule has 0 aromatic rings. The summed E-state index contributed by atoms with van der Waals surface area (Å²) in [5, 5.41) is 0. The summed E-state index contributed by atoms with van der Waals surface area (Å²) in [6.45, 7) is 0. The molecule has 5 nitrogen and oxygen atoms in total. The van der Waals surface area contributed by atoms with E-state index in [2.05, 4.69) is 0 Å². The van der Waals surface area contributed by atoms with Gasteiger partial charge in [0.15, 0.2) is 0 Å². The lowest BCUT2D eigenvalue weighted by molar-refractivity contribution is 0.823. The Kier molecular flexibility index (Phi) is 17900. The van der Waals surface area contributed by atoms with Crippen LogP contribution in [0, 0.1) is 0 Å². The van der Waals surface area contributed by atoms with E-state index in [1.165, 1.54) is 0 Å². The van der Waals surface area contributed by atoms with Crippen molar-refractivity contribution >= 4 is 47.1 Å². The molecule has 0 fully saturated rings. The van der Waals surface area contributed by atoms with Crippen LogP contribution in [0.2, 0.25) is 0 Å². The van der Waals surface area contributed by atoms with Gasteiger partial charge >= 0.3 is 0 Å². The van der Waals surface area contributed by atoms with Gasteiger partial charge < -0.3 is 27.4 Å². The quantitative estimate of drug-likeness (QED) is 0.329. The molecule has 8 heavy (non-hydrogen) atoms. The van der Waals surface area contributed by atoms with E-state index in [9.17, 15) is 0 Å². The van der Waals surface area contributed by atoms with E-state index in [1.807, 2.05) is 0 Å². The summed E-state index contributed by atoms with van der Waals surface area (Å²) in [6, 6.07) is 0. The van der Waals surface area contributed by atoms with Crippen LogP contribution in [0.25, 0.3) is 0 Å². The van der Waals surface area contributed by atoms with Crippen molar-refractivity contribution < 1.29 is 27.4 Å². The lowest BCUT2D eigenvalue weighted by atomic mass is 16.0. The second kappa shape index (κ2) is 313. The Labute approximate surface area is 74.7 Å². The second-order valence-electron chi connectivity index (χ2n) is 0. The second-order valence-corrected chi connectivity index (χ2v) is 0. The maximum Gasteiger partial charge on any atom is 0 e. The Morgan fingerprint density at radius 1 is 0.375 bits per heavy atom. The van der Waals surface area contributed by atoms with Crippen molar-refractivity contribution in [3.63, 3.8) is 0 Å². The van der Waals surface area contributed by atoms with Crippen LogP contribution < -0.4 is 0 Å². The average molecular weight is 181 g/mol. The molecule has 0 amide bonds. The Morgan fingerprint density at radius 2 is 0.375 bits per heavy atom. The Bertz CT molecular complexity index is 10.4. The highest BCUT2D eigenvalue weighted by Crippen LogP contribution is 0.690. The van der Waals surface area contributed by atoms with Crippen molar-refractivity contribution in [3.05, 3.63) is 0 Å². The summed E-state index contributed by atoms with van der Waals surface area (Å²) in [4.78, 5) is 0. The van der Waals surface area contributed by atoms with Crippen molar-refractivity contribution in [1.29, 1.82) is 0 Å². The summed E-state index contributed by atoms with van der Waals surface area (Å²) < 4.78 is 0. The van der Waals surface area contributed by atoms with E-state index < -0.39 is 0 Å². The predicted octanol–water partition coefficient (Wildman–Crippen LogP) is -4.46. The van der Waals surface area contributed by atoms with Crippen molar-refractivity contribution in [2.45, 2.75) is 0 Å². The minimum absolute atomic E-state index is 0. The molecule has 0 bridgehead atoms. The zero-order valence-electron chi connectivity index (χ0n) is 4.06. The molecule has 0 aromatic carbocycles. The molecule has 0 saturated carbocycles. The Balaban J connectivity index is 0. The van der Waals surface area contributed by atoms with Gasteiger partial charge in [0.2, 0.25) is 0 Å². The molecule has 0 unspecified atom stereocenters. The van der Waals surface area contributed by atoms with E-state index in [0.29, 0.717) is 0 Å². The van der Waals surface area contributed by atoms with Crippen LogP contribution in [0.3, 0.4) is 0 Å². The first-order valence-corrected chi connectivity index (χ1v) is 0. The van der Waals surface area contributed by atoms with Gasteiger partial charge in [0, 0.05) is 34.7 Å². The van der Waals surface area contributed by atoms with Crippen LogP contribution in [0.4, 0.5) is 0 Å². The first kappa shape index (κ1) is 456. The van der Waals surface area contributed by atoms with Gasteiger partial charge in [-0.1, -0.05) is 0 Å². The van der Waals surface area contributed by atoms with E-state index in [0.717, 1.165) is 0 Å². The lowest BCUT2D eigenvalue weighted by Crippen LogP contribution is -0.382. The van der Waals surface area contributed by atoms with Gasteiger partial charge in [0.25, 0.3) is 0 Å². The monoisotopic (exact) mass is 180 g/mol. The lowest BCUT2D eigenvalue weighted by Gasteiger charge is -0.413. The van der Waals surface area contributed by atoms with Crippen LogP contribution in [0.15, 0.2) is 0 Å². The van der Waals surface area contributed by atoms with Crippen LogP contribution in [-0.2, 0) is 0 Å². The zero-order valence-corrected chi connectivity index (χ0v) is 7.19. The van der Waals surface area contributed by atoms with Crippen LogP contribution in [-0.4, -0.2) is 62.1 Å². The maximum absolute atomic E-state index is 0. The number of hydrogen-bond acceptors (Lipinski definition) is 0. The molecule has 0 rings (SSSR count). The predicted molar refractivity (Wildman–Crippen MR) is 36.8 cm³/mol. The molecule has 0 aliphatic heterocycles. The third-order valence-electron chi connectivity index (χ3n) is 0. The van der Waals surface area contributed by atoms with E-state index in [-0.39, 0.29) is 74.5 Å². The summed E-state index contributed by atoms with van der Waals surface area (Å²) in [5.74, 6) is 0. The normalized spacial score (nSPS) is 0. The standard InChI is InChI=1S/2Al.ClH.5H2O/h;;1H;5*1H2. The van der Waals surface area contributed by atoms with Gasteiger partial charge in [-0.05, 0) is 0 Å². The molecular weight excluding hydrogens is 169 g/mol. The van der Waals surface area contributed by atoms with Crippen LogP contribution >= 0.6 is 12.4 Å². The first-order chi connectivity index (χ1) is 0. The molecular formula is H11Al2ClO5. The van der Waals surface area contributed by atoms with E-state index >= 15 is 0 Å². The summed E-state index contributed by atoms with van der Waals surface area (Å²) >= 11 is 0. The molecule has 0 saturated heterocycles. The summed E-state index contributed by atoms with van der Waals surface area (Å²) in [7, 11) is 0. The topological polar surface area (TPSA) is 158 Å². The first-order valence-electron chi connectivity index (χ1n) is 0. The summed E-state index contributed by atoms with van der Waals surface area (Å²) in [6.07, 6.45) is 0. The average Bonchev–Trinajstić information content (AvgIpc) is 0. The van der Waals surface area contributed by atoms with Crippen LogP contribution in [0.1, 0.15) is 0 Å². The maximum atomic E-state index is 0. The molecule has 54 valence electrons. The highest BCUT2D eigenvalue weighted by Gasteiger charge is 0.00104. The molecule has 0 aliphatic rings. The molecule has 0 spiro atoms. The highest BCUT2D eigenvalue weighted by atomic mass is 35.5.